The first-order valence-corrected chi connectivity index (χ1v) is 14.5. The van der Waals surface area contributed by atoms with Crippen molar-refractivity contribution in [2.75, 3.05) is 0 Å². The monoisotopic (exact) mass is 549 g/mol. The summed E-state index contributed by atoms with van der Waals surface area (Å²) in [5.74, 6) is 0. The highest BCUT2D eigenvalue weighted by atomic mass is 15.0. The largest absolute Gasteiger partial charge is 0.309 e. The summed E-state index contributed by atoms with van der Waals surface area (Å²) >= 11 is 0. The van der Waals surface area contributed by atoms with Crippen LogP contribution < -0.4 is 0 Å². The second-order valence-corrected chi connectivity index (χ2v) is 11.1. The molecule has 10 aromatic rings. The van der Waals surface area contributed by atoms with E-state index in [0.29, 0.717) is 0 Å². The summed E-state index contributed by atoms with van der Waals surface area (Å²) in [5, 5.41) is 8.37. The number of hydrogen-bond acceptors (Lipinski definition) is 2. The van der Waals surface area contributed by atoms with Crippen LogP contribution in [0, 0.1) is 0 Å². The molecule has 10 rings (SSSR count). The molecule has 5 nitrogen and oxygen atoms in total. The Hall–Kier alpha value is -5.94. The van der Waals surface area contributed by atoms with Crippen molar-refractivity contribution in [3.63, 3.8) is 0 Å². The Morgan fingerprint density at radius 1 is 0.465 bits per heavy atom. The van der Waals surface area contributed by atoms with Crippen LogP contribution in [0.2, 0.25) is 0 Å². The number of aromatic nitrogens is 5. The Morgan fingerprint density at radius 2 is 1.12 bits per heavy atom. The number of para-hydroxylation sites is 3. The lowest BCUT2D eigenvalue weighted by Crippen LogP contribution is -1.97. The van der Waals surface area contributed by atoms with Crippen molar-refractivity contribution in [1.82, 2.24) is 23.5 Å². The summed E-state index contributed by atoms with van der Waals surface area (Å²) in [5.41, 5.74) is 9.01. The number of nitrogens with zero attached hydrogens (tertiary/aromatic N) is 5. The van der Waals surface area contributed by atoms with Gasteiger partial charge in [-0.15, -0.1) is 0 Å². The van der Waals surface area contributed by atoms with E-state index in [0.717, 1.165) is 38.8 Å². The van der Waals surface area contributed by atoms with E-state index < -0.39 is 0 Å². The minimum Gasteiger partial charge on any atom is -0.309 e. The first kappa shape index (κ1) is 22.7. The van der Waals surface area contributed by atoms with E-state index in [9.17, 15) is 0 Å². The van der Waals surface area contributed by atoms with Crippen molar-refractivity contribution in [3.8, 4) is 11.4 Å². The molecule has 0 aliphatic carbocycles. The quantitative estimate of drug-likeness (QED) is 0.202. The maximum Gasteiger partial charge on any atom is 0.147 e. The zero-order valence-electron chi connectivity index (χ0n) is 23.0. The Morgan fingerprint density at radius 3 is 1.93 bits per heavy atom. The van der Waals surface area contributed by atoms with E-state index in [2.05, 4.69) is 134 Å². The van der Waals surface area contributed by atoms with Crippen LogP contribution in [-0.4, -0.2) is 23.5 Å². The smallest absolute Gasteiger partial charge is 0.147 e. The van der Waals surface area contributed by atoms with E-state index in [1.54, 1.807) is 0 Å². The summed E-state index contributed by atoms with van der Waals surface area (Å²) in [6, 6.07) is 41.5. The van der Waals surface area contributed by atoms with Gasteiger partial charge >= 0.3 is 0 Å². The SMILES string of the molecule is c1ccc(-n2c3ccccc3c3cc4c(cc32)c2ccc3c5ccncc5n5ccnc5c3c2n4-c2ccccc2)cc1. The molecule has 5 aromatic heterocycles. The number of rotatable bonds is 2. The van der Waals surface area contributed by atoms with Crippen LogP contribution in [0.4, 0.5) is 0 Å². The molecule has 0 saturated heterocycles. The third kappa shape index (κ3) is 2.95. The predicted molar refractivity (Wildman–Crippen MR) is 177 cm³/mol. The predicted octanol–water partition coefficient (Wildman–Crippen LogP) is 9.23. The second kappa shape index (κ2) is 8.30. The molecule has 0 saturated carbocycles. The van der Waals surface area contributed by atoms with Gasteiger partial charge in [0.2, 0.25) is 0 Å². The first-order chi connectivity index (χ1) is 21.4. The second-order valence-electron chi connectivity index (χ2n) is 11.1. The van der Waals surface area contributed by atoms with Gasteiger partial charge in [0.25, 0.3) is 0 Å². The number of hydrogen-bond donors (Lipinski definition) is 0. The first-order valence-electron chi connectivity index (χ1n) is 14.5. The lowest BCUT2D eigenvalue weighted by molar-refractivity contribution is 1.18. The van der Waals surface area contributed by atoms with Crippen molar-refractivity contribution < 1.29 is 0 Å². The zero-order chi connectivity index (χ0) is 28.1. The number of pyridine rings is 2. The molecular weight excluding hydrogens is 526 g/mol. The molecule has 0 spiro atoms. The summed E-state index contributed by atoms with van der Waals surface area (Å²) in [7, 11) is 0. The van der Waals surface area contributed by atoms with Gasteiger partial charge in [-0.3, -0.25) is 9.38 Å². The average Bonchev–Trinajstić information content (AvgIpc) is 3.77. The molecule has 0 aliphatic rings. The molecule has 5 aromatic carbocycles. The molecule has 0 N–H and O–H groups in total. The van der Waals surface area contributed by atoms with E-state index in [1.165, 1.54) is 43.5 Å². The summed E-state index contributed by atoms with van der Waals surface area (Å²) in [6.07, 6.45) is 7.73. The molecule has 0 atom stereocenters. The minimum absolute atomic E-state index is 0.935. The van der Waals surface area contributed by atoms with Crippen LogP contribution in [0.15, 0.2) is 140 Å². The molecule has 5 heterocycles. The average molecular weight is 550 g/mol. The van der Waals surface area contributed by atoms with Crippen LogP contribution in [0.3, 0.4) is 0 Å². The molecule has 0 radical (unpaired) electrons. The Balaban J connectivity index is 1.48. The fourth-order valence-corrected chi connectivity index (χ4v) is 7.21. The van der Waals surface area contributed by atoms with Gasteiger partial charge in [0.15, 0.2) is 0 Å². The molecule has 0 unspecified atom stereocenters. The third-order valence-corrected chi connectivity index (χ3v) is 8.97. The summed E-state index contributed by atoms with van der Waals surface area (Å²) in [4.78, 5) is 9.35. The minimum atomic E-state index is 0.935. The maximum atomic E-state index is 4.91. The van der Waals surface area contributed by atoms with Crippen LogP contribution in [0.1, 0.15) is 0 Å². The third-order valence-electron chi connectivity index (χ3n) is 8.97. The lowest BCUT2D eigenvalue weighted by Gasteiger charge is -2.12. The van der Waals surface area contributed by atoms with Crippen LogP contribution in [-0.2, 0) is 0 Å². The molecule has 0 amide bonds. The summed E-state index contributed by atoms with van der Waals surface area (Å²) < 4.78 is 7.00. The molecule has 200 valence electrons. The highest BCUT2D eigenvalue weighted by Gasteiger charge is 2.22. The van der Waals surface area contributed by atoms with Gasteiger partial charge in [0.05, 0.1) is 39.2 Å². The van der Waals surface area contributed by atoms with E-state index in [4.69, 9.17) is 4.98 Å². The number of fused-ring (bicyclic) bond motifs is 13. The van der Waals surface area contributed by atoms with Crippen molar-refractivity contribution in [2.24, 2.45) is 0 Å². The Labute approximate surface area is 245 Å². The standard InChI is InChI=1S/C38H23N5/c1-3-9-24(10-4-1)42-32-14-8-7-13-26(32)30-21-34-31(22-33(30)42)29-16-15-28-27-17-18-39-23-35(27)41-20-19-40-38(41)36(28)37(29)43(34)25-11-5-2-6-12-25/h1-23H. The maximum absolute atomic E-state index is 4.91. The van der Waals surface area contributed by atoms with Gasteiger partial charge in [-0.25, -0.2) is 4.98 Å². The van der Waals surface area contributed by atoms with Crippen molar-refractivity contribution in [1.29, 1.82) is 0 Å². The lowest BCUT2D eigenvalue weighted by atomic mass is 10.0. The van der Waals surface area contributed by atoms with E-state index in [1.807, 2.05) is 24.8 Å². The van der Waals surface area contributed by atoms with Gasteiger partial charge in [0, 0.05) is 56.9 Å². The van der Waals surface area contributed by atoms with Crippen molar-refractivity contribution in [2.45, 2.75) is 0 Å². The number of benzene rings is 5. The topological polar surface area (TPSA) is 40.1 Å². The molecule has 0 bridgehead atoms. The zero-order valence-corrected chi connectivity index (χ0v) is 23.0. The van der Waals surface area contributed by atoms with Crippen LogP contribution in [0.5, 0.6) is 0 Å². The highest BCUT2D eigenvalue weighted by molar-refractivity contribution is 6.28. The van der Waals surface area contributed by atoms with Gasteiger partial charge in [-0.1, -0.05) is 66.7 Å². The normalized spacial score (nSPS) is 12.2. The van der Waals surface area contributed by atoms with Gasteiger partial charge in [-0.2, -0.15) is 0 Å². The van der Waals surface area contributed by atoms with Gasteiger partial charge < -0.3 is 9.13 Å². The molecule has 0 fully saturated rings. The van der Waals surface area contributed by atoms with E-state index in [-0.39, 0.29) is 0 Å². The number of imidazole rings is 1. The van der Waals surface area contributed by atoms with Crippen molar-refractivity contribution in [3.05, 3.63) is 140 Å². The Bertz CT molecular complexity index is 2710. The fraction of sp³-hybridized carbons (Fsp3) is 0. The molecule has 43 heavy (non-hydrogen) atoms. The van der Waals surface area contributed by atoms with Gasteiger partial charge in [-0.05, 0) is 53.9 Å². The van der Waals surface area contributed by atoms with Crippen molar-refractivity contribution >= 4 is 70.9 Å². The highest BCUT2D eigenvalue weighted by Crippen LogP contribution is 2.43. The molecule has 0 aliphatic heterocycles. The summed E-state index contributed by atoms with van der Waals surface area (Å²) in [6.45, 7) is 0. The van der Waals surface area contributed by atoms with Gasteiger partial charge in [0.1, 0.15) is 5.65 Å². The van der Waals surface area contributed by atoms with E-state index >= 15 is 0 Å². The Kier molecular flexibility index (Phi) is 4.39. The fourth-order valence-electron chi connectivity index (χ4n) is 7.21. The van der Waals surface area contributed by atoms with Crippen LogP contribution in [0.25, 0.3) is 82.3 Å². The molecule has 5 heteroatoms. The molecular formula is C38H23N5. The van der Waals surface area contributed by atoms with Crippen LogP contribution >= 0.6 is 0 Å².